The van der Waals surface area contributed by atoms with Crippen LogP contribution in [0, 0.1) is 23.8 Å². The van der Waals surface area contributed by atoms with Gasteiger partial charge in [-0.15, -0.1) is 23.6 Å². The summed E-state index contributed by atoms with van der Waals surface area (Å²) in [5, 5.41) is 16.3. The molecule has 4 aromatic heterocycles. The smallest absolute Gasteiger partial charge is 0.223 e. The number of thiophene rings is 1. The Hall–Kier alpha value is -3.32. The van der Waals surface area contributed by atoms with Gasteiger partial charge in [0.25, 0.3) is 0 Å². The molecule has 0 fully saturated rings. The second kappa shape index (κ2) is 14.3. The largest absolute Gasteiger partial charge is 0.512 e. The third kappa shape index (κ3) is 7.03. The first-order valence-corrected chi connectivity index (χ1v) is 17.5. The minimum atomic E-state index is -0.337. The van der Waals surface area contributed by atoms with Crippen LogP contribution in [0.1, 0.15) is 99.3 Å². The molecule has 0 aliphatic carbocycles. The zero-order valence-corrected chi connectivity index (χ0v) is 33.0. The molecule has 0 amide bonds. The number of hydrogen-bond acceptors (Lipinski definition) is 7. The average Bonchev–Trinajstić information content (AvgIpc) is 3.77. The quantitative estimate of drug-likeness (QED) is 0.0932. The fourth-order valence-corrected chi connectivity index (χ4v) is 6.93. The van der Waals surface area contributed by atoms with Crippen molar-refractivity contribution in [1.29, 1.82) is 0 Å². The molecule has 0 saturated heterocycles. The number of carbonyl (C=O) groups is 1. The van der Waals surface area contributed by atoms with Gasteiger partial charge in [-0.2, -0.15) is 11.3 Å². The Kier molecular flexibility index (Phi) is 11.1. The first-order valence-electron chi connectivity index (χ1n) is 16.6. The van der Waals surface area contributed by atoms with Crippen LogP contribution < -0.4 is 0 Å². The van der Waals surface area contributed by atoms with E-state index in [9.17, 15) is 9.90 Å². The number of allylic oxidation sites excluding steroid dienone is 2. The number of aromatic nitrogens is 2. The van der Waals surface area contributed by atoms with Gasteiger partial charge in [-0.25, -0.2) is 4.98 Å². The Bertz CT molecular complexity index is 2100. The molecule has 0 atom stereocenters. The second-order valence-corrected chi connectivity index (χ2v) is 15.1. The molecule has 2 aromatic carbocycles. The fourth-order valence-electron chi connectivity index (χ4n) is 5.85. The number of rotatable bonds is 8. The number of hydrogen-bond donors (Lipinski definition) is 1. The topological polar surface area (TPSA) is 89.4 Å². The minimum absolute atomic E-state index is 0. The Morgan fingerprint density at radius 2 is 1.58 bits per heavy atom. The number of carbonyl (C=O) groups excluding carboxylic acids is 1. The molecule has 6 rings (SSSR count). The molecule has 48 heavy (non-hydrogen) atoms. The van der Waals surface area contributed by atoms with Crippen LogP contribution in [0.25, 0.3) is 54.4 Å². The molecule has 257 valence electrons. The van der Waals surface area contributed by atoms with E-state index < -0.39 is 0 Å². The predicted molar refractivity (Wildman–Crippen MR) is 195 cm³/mol. The fraction of sp³-hybridized carbons (Fsp3) is 0.425. The molecule has 1 radical (unpaired) electrons. The average molecular weight is 844 g/mol. The number of aliphatic hydroxyl groups is 1. The van der Waals surface area contributed by atoms with E-state index in [1.165, 1.54) is 16.3 Å². The Balaban J connectivity index is 0.000000251. The van der Waals surface area contributed by atoms with Crippen molar-refractivity contribution >= 4 is 60.2 Å². The molecule has 1 N–H and O–H groups in total. The summed E-state index contributed by atoms with van der Waals surface area (Å²) in [7, 11) is 0. The van der Waals surface area contributed by atoms with E-state index in [1.54, 1.807) is 17.7 Å². The Morgan fingerprint density at radius 1 is 0.917 bits per heavy atom. The molecule has 4 heterocycles. The zero-order chi connectivity index (χ0) is 34.3. The number of nitrogens with zero attached hydrogens (tertiary/aromatic N) is 2. The maximum absolute atomic E-state index is 12.2. The number of furan rings is 2. The first kappa shape index (κ1) is 37.5. The third-order valence-electron chi connectivity index (χ3n) is 10.2. The predicted octanol–water partition coefficient (Wildman–Crippen LogP) is 12.1. The summed E-state index contributed by atoms with van der Waals surface area (Å²) in [5.41, 5.74) is 4.69. The van der Waals surface area contributed by atoms with Gasteiger partial charge in [-0.1, -0.05) is 73.4 Å². The molecule has 0 saturated carbocycles. The number of fused-ring (bicyclic) bond motifs is 5. The van der Waals surface area contributed by atoms with Crippen molar-refractivity contribution in [3.8, 4) is 11.3 Å². The van der Waals surface area contributed by atoms with E-state index in [1.807, 2.05) is 66.7 Å². The monoisotopic (exact) mass is 844 g/mol. The summed E-state index contributed by atoms with van der Waals surface area (Å²) in [5.74, 6) is 1.17. The van der Waals surface area contributed by atoms with E-state index in [4.69, 9.17) is 8.83 Å². The van der Waals surface area contributed by atoms with E-state index >= 15 is 0 Å². The second-order valence-electron chi connectivity index (χ2n) is 14.2. The van der Waals surface area contributed by atoms with Crippen LogP contribution in [-0.2, 0) is 30.3 Å². The normalized spacial score (nSPS) is 12.8. The molecule has 0 aliphatic heterocycles. The zero-order valence-electron chi connectivity index (χ0n) is 29.8. The number of benzene rings is 2. The summed E-state index contributed by atoms with van der Waals surface area (Å²) in [6.45, 7) is 20.8. The van der Waals surface area contributed by atoms with Gasteiger partial charge in [-0.3, -0.25) is 9.78 Å². The third-order valence-corrected chi connectivity index (χ3v) is 11.1. The van der Waals surface area contributed by atoms with Gasteiger partial charge in [0, 0.05) is 58.9 Å². The van der Waals surface area contributed by atoms with Crippen molar-refractivity contribution in [2.45, 2.75) is 100 Å². The first-order chi connectivity index (χ1) is 22.2. The summed E-state index contributed by atoms with van der Waals surface area (Å²) < 4.78 is 13.2. The maximum Gasteiger partial charge on any atom is 0.223 e. The minimum Gasteiger partial charge on any atom is -0.512 e. The van der Waals surface area contributed by atoms with Gasteiger partial charge >= 0.3 is 0 Å². The summed E-state index contributed by atoms with van der Waals surface area (Å²) in [6.07, 6.45) is 6.32. The molecule has 0 spiro atoms. The van der Waals surface area contributed by atoms with Crippen LogP contribution in [0.3, 0.4) is 0 Å². The number of aliphatic hydroxyl groups excluding tert-OH is 1. The molecule has 6 nitrogen and oxygen atoms in total. The van der Waals surface area contributed by atoms with E-state index in [0.29, 0.717) is 5.71 Å². The Morgan fingerprint density at radius 3 is 2.21 bits per heavy atom. The van der Waals surface area contributed by atoms with Crippen molar-refractivity contribution in [2.75, 3.05) is 0 Å². The van der Waals surface area contributed by atoms with Gasteiger partial charge in [0.1, 0.15) is 29.0 Å². The molecule has 0 aliphatic rings. The Labute approximate surface area is 301 Å². The van der Waals surface area contributed by atoms with Gasteiger partial charge in [0.05, 0.1) is 0 Å². The van der Waals surface area contributed by atoms with Crippen molar-refractivity contribution in [1.82, 2.24) is 9.97 Å². The molecular formula is C40H47IrN2O4S-. The van der Waals surface area contributed by atoms with Crippen LogP contribution >= 0.6 is 11.3 Å². The van der Waals surface area contributed by atoms with E-state index in [-0.39, 0.29) is 47.9 Å². The van der Waals surface area contributed by atoms with E-state index in [0.717, 1.165) is 75.4 Å². The summed E-state index contributed by atoms with van der Waals surface area (Å²) in [4.78, 5) is 21.2. The van der Waals surface area contributed by atoms with Gasteiger partial charge in [-0.05, 0) is 66.3 Å². The number of ketones is 1. The van der Waals surface area contributed by atoms with Crippen LogP contribution in [0.15, 0.2) is 62.7 Å². The van der Waals surface area contributed by atoms with Gasteiger partial charge < -0.3 is 13.9 Å². The van der Waals surface area contributed by atoms with Crippen molar-refractivity contribution in [2.24, 2.45) is 10.8 Å². The van der Waals surface area contributed by atoms with E-state index in [2.05, 4.69) is 54.3 Å². The summed E-state index contributed by atoms with van der Waals surface area (Å²) >= 11 is 1.76. The van der Waals surface area contributed by atoms with Crippen LogP contribution in [0.5, 0.6) is 0 Å². The molecule has 0 bridgehead atoms. The molecule has 6 aromatic rings. The SMILES string of the molecule is CCC(C)(CC)C(=O)/C=C(\O)C(C)(CC)CC.Cc1cc2cc3oc4ncnc(-c5[c-]c6ccsc6c(C(C)(C)C)c5)c4c3cc2o1.[Ir]. The van der Waals surface area contributed by atoms with Crippen LogP contribution in [0.4, 0.5) is 0 Å². The van der Waals surface area contributed by atoms with Crippen LogP contribution in [0.2, 0.25) is 0 Å². The molecule has 8 heteroatoms. The number of aryl methyl sites for hydroxylation is 1. The van der Waals surface area contributed by atoms with Gasteiger partial charge in [0.2, 0.25) is 5.71 Å². The summed E-state index contributed by atoms with van der Waals surface area (Å²) in [6, 6.07) is 14.0. The molecule has 0 unspecified atom stereocenters. The maximum atomic E-state index is 12.2. The standard InChI is InChI=1S/C25H19N2O2S.C15H28O2.Ir/c1-13-7-15-10-20-17(11-19(15)28-13)21-22(26-12-27-24(21)29-20)16-8-14-5-6-30-23(14)18(9-16)25(2,3)4;1-7-14(5,8-2)12(16)11-13(17)15(6,9-3)10-4;/h5-7,9-12H,1-4H3;11,16H,7-10H2,1-6H3;/q-1;;/b;12-11-;. The van der Waals surface area contributed by atoms with Gasteiger partial charge in [0.15, 0.2) is 5.78 Å². The van der Waals surface area contributed by atoms with Crippen LogP contribution in [-0.4, -0.2) is 20.9 Å². The van der Waals surface area contributed by atoms with Crippen molar-refractivity contribution in [3.63, 3.8) is 0 Å². The van der Waals surface area contributed by atoms with Crippen molar-refractivity contribution < 1.29 is 38.8 Å². The molecular weight excluding hydrogens is 797 g/mol. The van der Waals surface area contributed by atoms with Crippen molar-refractivity contribution in [3.05, 3.63) is 71.3 Å².